The van der Waals surface area contributed by atoms with Gasteiger partial charge in [0, 0.05) is 13.1 Å². The Balaban J connectivity index is 1.62. The number of furan rings is 1. The van der Waals surface area contributed by atoms with Gasteiger partial charge in [-0.2, -0.15) is 0 Å². The fourth-order valence-electron chi connectivity index (χ4n) is 2.98. The number of para-hydroxylation sites is 2. The molecule has 1 N–H and O–H groups in total. The number of hydrogen-bond acceptors (Lipinski definition) is 5. The fourth-order valence-corrected chi connectivity index (χ4v) is 2.98. The predicted octanol–water partition coefficient (Wildman–Crippen LogP) is 2.80. The molecule has 1 aromatic carbocycles. The van der Waals surface area contributed by atoms with Crippen LogP contribution in [0.1, 0.15) is 29.2 Å². The molecule has 1 amide bonds. The molecule has 1 aliphatic heterocycles. The van der Waals surface area contributed by atoms with Crippen LogP contribution in [0, 0.1) is 5.92 Å². The van der Waals surface area contributed by atoms with Crippen LogP contribution in [0.4, 0.5) is 0 Å². The van der Waals surface area contributed by atoms with Crippen molar-refractivity contribution in [2.24, 2.45) is 5.92 Å². The van der Waals surface area contributed by atoms with Gasteiger partial charge < -0.3 is 23.9 Å². The van der Waals surface area contributed by atoms with Crippen molar-refractivity contribution < 1.29 is 28.6 Å². The van der Waals surface area contributed by atoms with Crippen LogP contribution in [0.15, 0.2) is 40.8 Å². The highest BCUT2D eigenvalue weighted by Crippen LogP contribution is 2.27. The second-order valence-corrected chi connectivity index (χ2v) is 6.13. The standard InChI is InChI=1S/C19H21NO6/c1-24-15-6-2-3-7-16(15)25-12-14-8-9-17(26-14)18(21)20-10-4-5-13(11-20)19(22)23/h2-3,6-9,13H,4-5,10-12H2,1H3,(H,22,23)/t13-/m0/s1. The summed E-state index contributed by atoms with van der Waals surface area (Å²) in [5, 5.41) is 9.15. The third-order valence-corrected chi connectivity index (χ3v) is 4.37. The van der Waals surface area contributed by atoms with E-state index in [2.05, 4.69) is 0 Å². The molecule has 138 valence electrons. The minimum atomic E-state index is -0.868. The highest BCUT2D eigenvalue weighted by atomic mass is 16.5. The van der Waals surface area contributed by atoms with E-state index in [4.69, 9.17) is 19.0 Å². The Kier molecular flexibility index (Phi) is 5.46. The molecule has 1 aromatic heterocycles. The number of rotatable bonds is 6. The van der Waals surface area contributed by atoms with E-state index in [0.29, 0.717) is 36.6 Å². The summed E-state index contributed by atoms with van der Waals surface area (Å²) >= 11 is 0. The molecule has 0 radical (unpaired) electrons. The van der Waals surface area contributed by atoms with Crippen molar-refractivity contribution in [3.63, 3.8) is 0 Å². The SMILES string of the molecule is COc1ccccc1OCc1ccc(C(=O)N2CCC[C@H](C(=O)O)C2)o1. The lowest BCUT2D eigenvalue weighted by molar-refractivity contribution is -0.143. The van der Waals surface area contributed by atoms with Crippen molar-refractivity contribution >= 4 is 11.9 Å². The number of amides is 1. The minimum absolute atomic E-state index is 0.158. The van der Waals surface area contributed by atoms with Crippen LogP contribution < -0.4 is 9.47 Å². The summed E-state index contributed by atoms with van der Waals surface area (Å²) < 4.78 is 16.5. The van der Waals surface area contributed by atoms with Crippen molar-refractivity contribution in [1.82, 2.24) is 4.90 Å². The Morgan fingerprint density at radius 1 is 1.23 bits per heavy atom. The second-order valence-electron chi connectivity index (χ2n) is 6.13. The molecular weight excluding hydrogens is 338 g/mol. The first-order chi connectivity index (χ1) is 12.6. The number of carbonyl (C=O) groups excluding carboxylic acids is 1. The van der Waals surface area contributed by atoms with Crippen LogP contribution >= 0.6 is 0 Å². The van der Waals surface area contributed by atoms with Crippen LogP contribution in [-0.2, 0) is 11.4 Å². The lowest BCUT2D eigenvalue weighted by Crippen LogP contribution is -2.42. The highest BCUT2D eigenvalue weighted by Gasteiger charge is 2.29. The lowest BCUT2D eigenvalue weighted by atomic mass is 9.98. The molecule has 0 saturated carbocycles. The molecule has 3 rings (SSSR count). The van der Waals surface area contributed by atoms with E-state index in [1.807, 2.05) is 12.1 Å². The number of ether oxygens (including phenoxy) is 2. The molecule has 0 spiro atoms. The summed E-state index contributed by atoms with van der Waals surface area (Å²) in [6, 6.07) is 10.5. The lowest BCUT2D eigenvalue weighted by Gasteiger charge is -2.29. The number of hydrogen-bond donors (Lipinski definition) is 1. The molecule has 0 aliphatic carbocycles. The van der Waals surface area contributed by atoms with Crippen LogP contribution in [-0.4, -0.2) is 42.1 Å². The van der Waals surface area contributed by atoms with Crippen molar-refractivity contribution in [1.29, 1.82) is 0 Å². The molecule has 2 heterocycles. The average molecular weight is 359 g/mol. The predicted molar refractivity (Wildman–Crippen MR) is 92.3 cm³/mol. The number of benzene rings is 1. The maximum atomic E-state index is 12.5. The van der Waals surface area contributed by atoms with Gasteiger partial charge in [0.2, 0.25) is 0 Å². The van der Waals surface area contributed by atoms with Gasteiger partial charge in [-0.25, -0.2) is 0 Å². The van der Waals surface area contributed by atoms with Gasteiger partial charge in [0.25, 0.3) is 5.91 Å². The number of carboxylic acid groups (broad SMARTS) is 1. The van der Waals surface area contributed by atoms with Gasteiger partial charge in [0.05, 0.1) is 13.0 Å². The Bertz CT molecular complexity index is 784. The van der Waals surface area contributed by atoms with Crippen LogP contribution in [0.2, 0.25) is 0 Å². The average Bonchev–Trinajstić information content (AvgIpc) is 3.15. The number of piperidine rings is 1. The molecule has 26 heavy (non-hydrogen) atoms. The number of carbonyl (C=O) groups is 2. The third kappa shape index (κ3) is 3.99. The second kappa shape index (κ2) is 7.95. The van der Waals surface area contributed by atoms with Crippen LogP contribution in [0.3, 0.4) is 0 Å². The Morgan fingerprint density at radius 2 is 2.00 bits per heavy atom. The van der Waals surface area contributed by atoms with Crippen molar-refractivity contribution in [2.75, 3.05) is 20.2 Å². The van der Waals surface area contributed by atoms with Gasteiger partial charge >= 0.3 is 5.97 Å². The topological polar surface area (TPSA) is 89.2 Å². The summed E-state index contributed by atoms with van der Waals surface area (Å²) in [7, 11) is 1.56. The molecule has 1 atom stereocenters. The van der Waals surface area contributed by atoms with E-state index in [1.54, 1.807) is 31.4 Å². The summed E-state index contributed by atoms with van der Waals surface area (Å²) in [6.07, 6.45) is 1.27. The molecular formula is C19H21NO6. The van der Waals surface area contributed by atoms with Gasteiger partial charge in [0.15, 0.2) is 17.3 Å². The van der Waals surface area contributed by atoms with Gasteiger partial charge in [-0.3, -0.25) is 9.59 Å². The molecule has 1 fully saturated rings. The number of aliphatic carboxylic acids is 1. The number of carboxylic acids is 1. The molecule has 0 unspecified atom stereocenters. The summed E-state index contributed by atoms with van der Waals surface area (Å²) in [4.78, 5) is 25.2. The first-order valence-electron chi connectivity index (χ1n) is 8.45. The van der Waals surface area contributed by atoms with Crippen LogP contribution in [0.25, 0.3) is 0 Å². The monoisotopic (exact) mass is 359 g/mol. The normalized spacial score (nSPS) is 17.0. The molecule has 7 nitrogen and oxygen atoms in total. The zero-order chi connectivity index (χ0) is 18.5. The maximum absolute atomic E-state index is 12.5. The Morgan fingerprint density at radius 3 is 2.73 bits per heavy atom. The maximum Gasteiger partial charge on any atom is 0.308 e. The quantitative estimate of drug-likeness (QED) is 0.853. The third-order valence-electron chi connectivity index (χ3n) is 4.37. The first-order valence-corrected chi connectivity index (χ1v) is 8.45. The van der Waals surface area contributed by atoms with E-state index >= 15 is 0 Å². The zero-order valence-electron chi connectivity index (χ0n) is 14.5. The molecule has 1 aliphatic rings. The summed E-state index contributed by atoms with van der Waals surface area (Å²) in [5.41, 5.74) is 0. The van der Waals surface area contributed by atoms with Gasteiger partial charge in [-0.1, -0.05) is 12.1 Å². The van der Waals surface area contributed by atoms with E-state index in [9.17, 15) is 9.59 Å². The van der Waals surface area contributed by atoms with Crippen molar-refractivity contribution in [3.05, 3.63) is 47.9 Å². The molecule has 1 saturated heterocycles. The number of likely N-dealkylation sites (tertiary alicyclic amines) is 1. The largest absolute Gasteiger partial charge is 0.493 e. The highest BCUT2D eigenvalue weighted by molar-refractivity contribution is 5.92. The summed E-state index contributed by atoms with van der Waals surface area (Å²) in [5.74, 6) is 0.215. The zero-order valence-corrected chi connectivity index (χ0v) is 14.5. The molecule has 0 bridgehead atoms. The van der Waals surface area contributed by atoms with E-state index in [1.165, 1.54) is 4.90 Å². The summed E-state index contributed by atoms with van der Waals surface area (Å²) in [6.45, 7) is 0.906. The first kappa shape index (κ1) is 17.8. The Labute approximate surface area is 151 Å². The van der Waals surface area contributed by atoms with Gasteiger partial charge in [-0.15, -0.1) is 0 Å². The fraction of sp³-hybridized carbons (Fsp3) is 0.368. The van der Waals surface area contributed by atoms with Crippen molar-refractivity contribution in [2.45, 2.75) is 19.4 Å². The number of nitrogens with zero attached hydrogens (tertiary/aromatic N) is 1. The molecule has 7 heteroatoms. The van der Waals surface area contributed by atoms with Gasteiger partial charge in [-0.05, 0) is 37.1 Å². The van der Waals surface area contributed by atoms with E-state index < -0.39 is 11.9 Å². The van der Waals surface area contributed by atoms with Gasteiger partial charge in [0.1, 0.15) is 12.4 Å². The smallest absolute Gasteiger partial charge is 0.308 e. The minimum Gasteiger partial charge on any atom is -0.493 e. The molecule has 2 aromatic rings. The van der Waals surface area contributed by atoms with Crippen molar-refractivity contribution in [3.8, 4) is 11.5 Å². The van der Waals surface area contributed by atoms with E-state index in [0.717, 1.165) is 0 Å². The van der Waals surface area contributed by atoms with Crippen LogP contribution in [0.5, 0.6) is 11.5 Å². The number of methoxy groups -OCH3 is 1. The Hall–Kier alpha value is -2.96. The van der Waals surface area contributed by atoms with E-state index in [-0.39, 0.29) is 24.8 Å².